The Morgan fingerprint density at radius 3 is 2.73 bits per heavy atom. The van der Waals surface area contributed by atoms with Crippen molar-refractivity contribution in [2.24, 2.45) is 0 Å². The molecule has 82 valence electrons. The molecule has 0 aromatic carbocycles. The molecule has 15 heavy (non-hydrogen) atoms. The summed E-state index contributed by atoms with van der Waals surface area (Å²) in [4.78, 5) is 14.9. The van der Waals surface area contributed by atoms with Gasteiger partial charge in [-0.25, -0.2) is 13.4 Å². The fraction of sp³-hybridized carbons (Fsp3) is 0.333. The van der Waals surface area contributed by atoms with Crippen LogP contribution in [0.15, 0.2) is 23.4 Å². The van der Waals surface area contributed by atoms with Gasteiger partial charge in [-0.05, 0) is 12.1 Å². The Hall–Kier alpha value is -1.43. The molecule has 0 radical (unpaired) electrons. The van der Waals surface area contributed by atoms with Crippen molar-refractivity contribution < 1.29 is 13.2 Å². The van der Waals surface area contributed by atoms with Crippen molar-refractivity contribution in [3.63, 3.8) is 0 Å². The summed E-state index contributed by atoms with van der Waals surface area (Å²) in [5, 5.41) is 2.38. The van der Waals surface area contributed by atoms with Gasteiger partial charge >= 0.3 is 0 Å². The summed E-state index contributed by atoms with van der Waals surface area (Å²) in [6.45, 7) is 1.69. The number of aromatic nitrogens is 1. The van der Waals surface area contributed by atoms with Crippen molar-refractivity contribution in [3.8, 4) is 0 Å². The summed E-state index contributed by atoms with van der Waals surface area (Å²) in [5.41, 5.74) is 0.229. The zero-order chi connectivity index (χ0) is 11.5. The van der Waals surface area contributed by atoms with Crippen LogP contribution in [0, 0.1) is 0 Å². The minimum atomic E-state index is -3.41. The number of nitrogens with zero attached hydrogens (tertiary/aromatic N) is 1. The van der Waals surface area contributed by atoms with E-state index in [4.69, 9.17) is 0 Å². The number of rotatable bonds is 3. The summed E-state index contributed by atoms with van der Waals surface area (Å²) < 4.78 is 22.6. The first-order chi connectivity index (χ1) is 6.95. The van der Waals surface area contributed by atoms with Crippen molar-refractivity contribution in [2.75, 3.05) is 11.6 Å². The summed E-state index contributed by atoms with van der Waals surface area (Å²) >= 11 is 0. The van der Waals surface area contributed by atoms with Gasteiger partial charge in [-0.1, -0.05) is 6.92 Å². The topological polar surface area (TPSA) is 76.1 Å². The Bertz CT molecular complexity index is 468. The Kier molecular flexibility index (Phi) is 3.41. The predicted octanol–water partition coefficient (Wildman–Crippen LogP) is 0.834. The number of hydrogen-bond donors (Lipinski definition) is 1. The van der Waals surface area contributed by atoms with E-state index in [-0.39, 0.29) is 23.0 Å². The van der Waals surface area contributed by atoms with Crippen molar-refractivity contribution in [1.29, 1.82) is 0 Å². The third-order valence-electron chi connectivity index (χ3n) is 1.72. The van der Waals surface area contributed by atoms with Crippen LogP contribution in [0.25, 0.3) is 0 Å². The highest BCUT2D eigenvalue weighted by atomic mass is 32.2. The maximum absolute atomic E-state index is 11.3. The molecule has 0 atom stereocenters. The second kappa shape index (κ2) is 4.39. The van der Waals surface area contributed by atoms with E-state index in [0.29, 0.717) is 0 Å². The number of carbonyl (C=O) groups is 1. The van der Waals surface area contributed by atoms with Gasteiger partial charge in [0, 0.05) is 18.9 Å². The minimum absolute atomic E-state index is 0.105. The molecule has 0 spiro atoms. The average molecular weight is 228 g/mol. The standard InChI is InChI=1S/C9H12N2O3S/c1-3-8(12)11-7-5-4-6-10-9(7)15(2,13)14/h4-6H,3H2,1-2H3,(H,11,12). The fourth-order valence-electron chi connectivity index (χ4n) is 1.02. The van der Waals surface area contributed by atoms with Gasteiger partial charge < -0.3 is 5.32 Å². The van der Waals surface area contributed by atoms with Crippen LogP contribution in [-0.2, 0) is 14.6 Å². The second-order valence-electron chi connectivity index (χ2n) is 3.03. The molecule has 0 aliphatic carbocycles. The molecule has 0 saturated carbocycles. The number of hydrogen-bond acceptors (Lipinski definition) is 4. The third-order valence-corrected chi connectivity index (χ3v) is 2.75. The minimum Gasteiger partial charge on any atom is -0.324 e. The van der Waals surface area contributed by atoms with Gasteiger partial charge in [0.25, 0.3) is 0 Å². The van der Waals surface area contributed by atoms with Gasteiger partial charge in [0.15, 0.2) is 14.9 Å². The summed E-state index contributed by atoms with van der Waals surface area (Å²) in [6, 6.07) is 3.08. The first-order valence-corrected chi connectivity index (χ1v) is 6.29. The van der Waals surface area contributed by atoms with E-state index in [0.717, 1.165) is 6.26 Å². The van der Waals surface area contributed by atoms with Gasteiger partial charge in [-0.15, -0.1) is 0 Å². The molecule has 5 nitrogen and oxygen atoms in total. The lowest BCUT2D eigenvalue weighted by Gasteiger charge is -2.07. The van der Waals surface area contributed by atoms with Crippen LogP contribution in [0.2, 0.25) is 0 Å². The molecule has 0 aliphatic heterocycles. The lowest BCUT2D eigenvalue weighted by atomic mass is 10.4. The third kappa shape index (κ3) is 3.02. The molecule has 1 rings (SSSR count). The quantitative estimate of drug-likeness (QED) is 0.831. The number of nitrogens with one attached hydrogen (secondary N) is 1. The number of amides is 1. The number of carbonyl (C=O) groups excluding carboxylic acids is 1. The maximum Gasteiger partial charge on any atom is 0.224 e. The van der Waals surface area contributed by atoms with Gasteiger partial charge in [0.2, 0.25) is 5.91 Å². The first-order valence-electron chi connectivity index (χ1n) is 4.40. The maximum atomic E-state index is 11.3. The van der Waals surface area contributed by atoms with E-state index in [2.05, 4.69) is 10.3 Å². The monoisotopic (exact) mass is 228 g/mol. The molecule has 1 aromatic heterocycles. The molecule has 0 bridgehead atoms. The smallest absolute Gasteiger partial charge is 0.224 e. The van der Waals surface area contributed by atoms with Crippen LogP contribution in [0.4, 0.5) is 5.69 Å². The number of anilines is 1. The van der Waals surface area contributed by atoms with Gasteiger partial charge in [0.1, 0.15) is 0 Å². The SMILES string of the molecule is CCC(=O)Nc1cccnc1S(C)(=O)=O. The Morgan fingerprint density at radius 2 is 2.20 bits per heavy atom. The molecule has 0 aliphatic rings. The highest BCUT2D eigenvalue weighted by Crippen LogP contribution is 2.17. The lowest BCUT2D eigenvalue weighted by Crippen LogP contribution is -2.13. The largest absolute Gasteiger partial charge is 0.324 e. The highest BCUT2D eigenvalue weighted by Gasteiger charge is 2.15. The van der Waals surface area contributed by atoms with Crippen molar-refractivity contribution in [1.82, 2.24) is 4.98 Å². The molecule has 1 heterocycles. The molecule has 1 N–H and O–H groups in total. The van der Waals surface area contributed by atoms with E-state index >= 15 is 0 Å². The average Bonchev–Trinajstić information content (AvgIpc) is 2.17. The van der Waals surface area contributed by atoms with E-state index in [9.17, 15) is 13.2 Å². The lowest BCUT2D eigenvalue weighted by molar-refractivity contribution is -0.115. The van der Waals surface area contributed by atoms with E-state index in [1.54, 1.807) is 13.0 Å². The summed E-state index contributed by atoms with van der Waals surface area (Å²) in [7, 11) is -3.41. The zero-order valence-electron chi connectivity index (χ0n) is 8.52. The van der Waals surface area contributed by atoms with Crippen molar-refractivity contribution in [2.45, 2.75) is 18.4 Å². The molecule has 6 heteroatoms. The van der Waals surface area contributed by atoms with Crippen LogP contribution in [0.3, 0.4) is 0 Å². The molecule has 0 fully saturated rings. The second-order valence-corrected chi connectivity index (χ2v) is 4.96. The fourth-order valence-corrected chi connectivity index (χ4v) is 1.79. The normalized spacial score (nSPS) is 11.1. The van der Waals surface area contributed by atoms with Crippen LogP contribution >= 0.6 is 0 Å². The molecular formula is C9H12N2O3S. The first kappa shape index (κ1) is 11.6. The van der Waals surface area contributed by atoms with E-state index < -0.39 is 9.84 Å². The molecule has 1 amide bonds. The zero-order valence-corrected chi connectivity index (χ0v) is 9.34. The van der Waals surface area contributed by atoms with E-state index in [1.165, 1.54) is 12.3 Å². The Morgan fingerprint density at radius 1 is 1.53 bits per heavy atom. The molecule has 1 aromatic rings. The van der Waals surface area contributed by atoms with E-state index in [1.807, 2.05) is 0 Å². The number of pyridine rings is 1. The summed E-state index contributed by atoms with van der Waals surface area (Å²) in [6.07, 6.45) is 2.72. The van der Waals surface area contributed by atoms with Gasteiger partial charge in [-0.3, -0.25) is 4.79 Å². The molecule has 0 unspecified atom stereocenters. The van der Waals surface area contributed by atoms with Crippen molar-refractivity contribution >= 4 is 21.4 Å². The Balaban J connectivity index is 3.13. The molecular weight excluding hydrogens is 216 g/mol. The summed E-state index contributed by atoms with van der Waals surface area (Å²) in [5.74, 6) is -0.243. The molecule has 0 saturated heterocycles. The Labute approximate surface area is 88.4 Å². The van der Waals surface area contributed by atoms with Gasteiger partial charge in [0.05, 0.1) is 5.69 Å². The van der Waals surface area contributed by atoms with Crippen LogP contribution < -0.4 is 5.32 Å². The highest BCUT2D eigenvalue weighted by molar-refractivity contribution is 7.90. The van der Waals surface area contributed by atoms with Crippen LogP contribution in [0.5, 0.6) is 0 Å². The predicted molar refractivity (Wildman–Crippen MR) is 56.3 cm³/mol. The van der Waals surface area contributed by atoms with Gasteiger partial charge in [-0.2, -0.15) is 0 Å². The van der Waals surface area contributed by atoms with Crippen LogP contribution in [-0.4, -0.2) is 25.6 Å². The number of sulfone groups is 1. The van der Waals surface area contributed by atoms with Crippen LogP contribution in [0.1, 0.15) is 13.3 Å². The van der Waals surface area contributed by atoms with Crippen molar-refractivity contribution in [3.05, 3.63) is 18.3 Å².